The molecule has 0 rings (SSSR count). The van der Waals surface area contributed by atoms with Crippen molar-refractivity contribution in [3.05, 3.63) is 0 Å². The molecular formula is C24H45NaO5. The van der Waals surface area contributed by atoms with E-state index >= 15 is 0 Å². The normalized spacial score (nSPS) is 10.6. The number of ether oxygens (including phenoxy) is 2. The Balaban J connectivity index is 0. The molecule has 0 aliphatic rings. The summed E-state index contributed by atoms with van der Waals surface area (Å²) in [5, 5.41) is 10.2. The Labute approximate surface area is 207 Å². The Bertz CT molecular complexity index is 377. The van der Waals surface area contributed by atoms with Crippen LogP contribution in [-0.2, 0) is 19.1 Å². The second-order valence-corrected chi connectivity index (χ2v) is 8.01. The third kappa shape index (κ3) is 27.9. The van der Waals surface area contributed by atoms with Gasteiger partial charge in [0.25, 0.3) is 0 Å². The van der Waals surface area contributed by atoms with Gasteiger partial charge in [0, 0.05) is 12.6 Å². The summed E-state index contributed by atoms with van der Waals surface area (Å²) in [6.07, 6.45) is 21.2. The van der Waals surface area contributed by atoms with Gasteiger partial charge in [0.05, 0.1) is 13.0 Å². The van der Waals surface area contributed by atoms with Crippen LogP contribution in [0.15, 0.2) is 0 Å². The minimum absolute atomic E-state index is 0. The average Bonchev–Trinajstić information content (AvgIpc) is 2.70. The second kappa shape index (κ2) is 26.9. The minimum Gasteiger partial charge on any atom is -0.550 e. The molecule has 0 amide bonds. The smallest absolute Gasteiger partial charge is 0.550 e. The number of hydrogen-bond acceptors (Lipinski definition) is 5. The Morgan fingerprint density at radius 1 is 0.600 bits per heavy atom. The molecule has 0 fully saturated rings. The zero-order valence-corrected chi connectivity index (χ0v) is 21.9. The molecule has 0 radical (unpaired) electrons. The summed E-state index contributed by atoms with van der Waals surface area (Å²) < 4.78 is 10.3. The largest absolute Gasteiger partial charge is 1.00 e. The van der Waals surface area contributed by atoms with Gasteiger partial charge in [-0.2, -0.15) is 0 Å². The minimum atomic E-state index is -1.23. The fraction of sp³-hybridized carbons (Fsp3) is 0.917. The van der Waals surface area contributed by atoms with Gasteiger partial charge in [-0.05, 0) is 12.8 Å². The molecule has 0 heterocycles. The van der Waals surface area contributed by atoms with Crippen LogP contribution in [0.2, 0.25) is 0 Å². The Morgan fingerprint density at radius 2 is 1.03 bits per heavy atom. The molecule has 0 unspecified atom stereocenters. The number of carbonyl (C=O) groups excluding carboxylic acids is 2. The van der Waals surface area contributed by atoms with Gasteiger partial charge >= 0.3 is 35.5 Å². The van der Waals surface area contributed by atoms with E-state index in [0.717, 1.165) is 6.42 Å². The van der Waals surface area contributed by atoms with Gasteiger partial charge in [-0.1, -0.05) is 103 Å². The van der Waals surface area contributed by atoms with E-state index < -0.39 is 11.9 Å². The van der Waals surface area contributed by atoms with Crippen molar-refractivity contribution in [1.29, 1.82) is 0 Å². The summed E-state index contributed by atoms with van der Waals surface area (Å²) in [5.74, 6) is -1.75. The molecule has 0 aliphatic carbocycles. The summed E-state index contributed by atoms with van der Waals surface area (Å²) in [7, 11) is 0. The third-order valence-corrected chi connectivity index (χ3v) is 5.17. The topological polar surface area (TPSA) is 75.7 Å². The summed E-state index contributed by atoms with van der Waals surface area (Å²) in [6, 6.07) is 0. The summed E-state index contributed by atoms with van der Waals surface area (Å²) in [6.45, 7) is 3.52. The number of carboxylic acid groups (broad SMARTS) is 1. The molecule has 0 saturated carbocycles. The molecular weight excluding hydrogens is 391 g/mol. The Kier molecular flexibility index (Phi) is 28.8. The molecule has 0 aliphatic heterocycles. The standard InChI is InChI=1S/C24H46O5.Na/c1-2-3-4-5-6-7-8-9-10-11-12-13-14-15-16-17-20-28-21-22-29-24(27)19-18-23(25)26;/h2-22H2,1H3,(H,25,26);/q;+1/p-1. The van der Waals surface area contributed by atoms with Crippen molar-refractivity contribution in [2.75, 3.05) is 19.8 Å². The van der Waals surface area contributed by atoms with Gasteiger partial charge < -0.3 is 19.4 Å². The first-order chi connectivity index (χ1) is 14.2. The van der Waals surface area contributed by atoms with Crippen LogP contribution in [0, 0.1) is 0 Å². The van der Waals surface area contributed by atoms with E-state index in [1.165, 1.54) is 96.3 Å². The number of esters is 1. The SMILES string of the molecule is CCCCCCCCCCCCCCCCCCOCCOC(=O)CCC(=O)[O-].[Na+]. The monoisotopic (exact) mass is 436 g/mol. The fourth-order valence-electron chi connectivity index (χ4n) is 3.35. The first-order valence-electron chi connectivity index (χ1n) is 12.1. The number of unbranched alkanes of at least 4 members (excludes halogenated alkanes) is 15. The molecule has 5 nitrogen and oxygen atoms in total. The first-order valence-corrected chi connectivity index (χ1v) is 12.1. The maximum atomic E-state index is 11.2. The second-order valence-electron chi connectivity index (χ2n) is 8.01. The predicted octanol–water partition coefficient (Wildman–Crippen LogP) is 2.34. The number of aliphatic carboxylic acids is 1. The number of hydrogen-bond donors (Lipinski definition) is 0. The number of rotatable bonds is 23. The van der Waals surface area contributed by atoms with E-state index in [-0.39, 0.29) is 49.0 Å². The van der Waals surface area contributed by atoms with Gasteiger partial charge in [0.2, 0.25) is 0 Å². The van der Waals surface area contributed by atoms with Crippen LogP contribution in [-0.4, -0.2) is 31.8 Å². The van der Waals surface area contributed by atoms with E-state index in [1.54, 1.807) is 0 Å². The predicted molar refractivity (Wildman–Crippen MR) is 116 cm³/mol. The van der Waals surface area contributed by atoms with Crippen molar-refractivity contribution in [3.63, 3.8) is 0 Å². The maximum Gasteiger partial charge on any atom is 1.00 e. The van der Waals surface area contributed by atoms with Gasteiger partial charge in [-0.3, -0.25) is 4.79 Å². The molecule has 0 N–H and O–H groups in total. The molecule has 0 aromatic rings. The van der Waals surface area contributed by atoms with Crippen LogP contribution in [0.3, 0.4) is 0 Å². The van der Waals surface area contributed by atoms with Crippen molar-refractivity contribution in [2.45, 2.75) is 122 Å². The van der Waals surface area contributed by atoms with Crippen molar-refractivity contribution in [2.24, 2.45) is 0 Å². The van der Waals surface area contributed by atoms with Crippen molar-refractivity contribution >= 4 is 11.9 Å². The molecule has 6 heteroatoms. The van der Waals surface area contributed by atoms with Crippen molar-refractivity contribution < 1.29 is 53.7 Å². The van der Waals surface area contributed by atoms with E-state index in [2.05, 4.69) is 6.92 Å². The van der Waals surface area contributed by atoms with Gasteiger partial charge in [0.1, 0.15) is 6.61 Å². The third-order valence-electron chi connectivity index (χ3n) is 5.17. The van der Waals surface area contributed by atoms with Crippen LogP contribution in [0.25, 0.3) is 0 Å². The van der Waals surface area contributed by atoms with E-state index in [1.807, 2.05) is 0 Å². The van der Waals surface area contributed by atoms with E-state index in [0.29, 0.717) is 13.2 Å². The number of carboxylic acids is 1. The molecule has 0 aromatic carbocycles. The molecule has 30 heavy (non-hydrogen) atoms. The quantitative estimate of drug-likeness (QED) is 0.140. The van der Waals surface area contributed by atoms with Crippen molar-refractivity contribution in [3.8, 4) is 0 Å². The summed E-state index contributed by atoms with van der Waals surface area (Å²) >= 11 is 0. The zero-order chi connectivity index (χ0) is 21.4. The molecule has 0 atom stereocenters. The maximum absolute atomic E-state index is 11.2. The molecule has 0 spiro atoms. The van der Waals surface area contributed by atoms with Crippen LogP contribution in [0.1, 0.15) is 122 Å². The van der Waals surface area contributed by atoms with E-state index in [9.17, 15) is 14.7 Å². The van der Waals surface area contributed by atoms with Gasteiger partial charge in [-0.25, -0.2) is 0 Å². The average molecular weight is 437 g/mol. The number of carbonyl (C=O) groups is 2. The molecule has 172 valence electrons. The van der Waals surface area contributed by atoms with E-state index in [4.69, 9.17) is 9.47 Å². The van der Waals surface area contributed by atoms with Crippen LogP contribution >= 0.6 is 0 Å². The van der Waals surface area contributed by atoms with Crippen LogP contribution in [0.5, 0.6) is 0 Å². The molecule has 0 bridgehead atoms. The zero-order valence-electron chi connectivity index (χ0n) is 19.9. The summed E-state index contributed by atoms with van der Waals surface area (Å²) in [4.78, 5) is 21.4. The molecule has 0 aromatic heterocycles. The Morgan fingerprint density at radius 3 is 1.47 bits per heavy atom. The fourth-order valence-corrected chi connectivity index (χ4v) is 3.35. The Hall–Kier alpha value is -0.100. The van der Waals surface area contributed by atoms with Gasteiger partial charge in [-0.15, -0.1) is 0 Å². The van der Waals surface area contributed by atoms with Crippen LogP contribution < -0.4 is 34.7 Å². The van der Waals surface area contributed by atoms with Crippen LogP contribution in [0.4, 0.5) is 0 Å². The van der Waals surface area contributed by atoms with Gasteiger partial charge in [0.15, 0.2) is 0 Å². The molecule has 0 saturated heterocycles. The summed E-state index contributed by atoms with van der Waals surface area (Å²) in [5.41, 5.74) is 0. The first kappa shape index (κ1) is 32.1. The van der Waals surface area contributed by atoms with Crippen molar-refractivity contribution in [1.82, 2.24) is 0 Å².